The molecule has 1 fully saturated rings. The maximum atomic E-state index is 11.8. The number of rotatable bonds is 5. The van der Waals surface area contributed by atoms with Gasteiger partial charge in [-0.15, -0.1) is 0 Å². The van der Waals surface area contributed by atoms with Gasteiger partial charge in [-0.1, -0.05) is 19.8 Å². The molecule has 0 spiro atoms. The highest BCUT2D eigenvalue weighted by atomic mass is 16.1. The number of hydrogen-bond acceptors (Lipinski definition) is 2. The molecule has 0 heterocycles. The van der Waals surface area contributed by atoms with Crippen LogP contribution >= 0.6 is 0 Å². The molecule has 3 heteroatoms. The molecule has 3 N–H and O–H groups in total. The van der Waals surface area contributed by atoms with Crippen molar-refractivity contribution in [1.82, 2.24) is 5.32 Å². The Hall–Kier alpha value is -0.570. The van der Waals surface area contributed by atoms with Crippen molar-refractivity contribution >= 4 is 5.91 Å². The second-order valence-corrected chi connectivity index (χ2v) is 4.68. The Bertz CT molecular complexity index is 196. The van der Waals surface area contributed by atoms with Gasteiger partial charge in [0.15, 0.2) is 0 Å². The van der Waals surface area contributed by atoms with Gasteiger partial charge in [0.05, 0.1) is 0 Å². The molecule has 0 aromatic rings. The van der Waals surface area contributed by atoms with Crippen molar-refractivity contribution in [2.75, 3.05) is 6.54 Å². The molecule has 0 aliphatic heterocycles. The summed E-state index contributed by atoms with van der Waals surface area (Å²) in [7, 11) is 0. The van der Waals surface area contributed by atoms with Gasteiger partial charge in [-0.2, -0.15) is 0 Å². The van der Waals surface area contributed by atoms with Gasteiger partial charge in [0.1, 0.15) is 0 Å². The summed E-state index contributed by atoms with van der Waals surface area (Å²) in [5.74, 6) is 0.817. The standard InChI is InChI=1S/C12H24N2O/c1-3-10(8-13)12(15)14-9(2)11-6-4-5-7-11/h9-11H,3-8,13H2,1-2H3,(H,14,15). The fraction of sp³-hybridized carbons (Fsp3) is 0.917. The first kappa shape index (κ1) is 12.5. The minimum atomic E-state index is -0.00569. The molecule has 2 unspecified atom stereocenters. The van der Waals surface area contributed by atoms with E-state index in [4.69, 9.17) is 5.73 Å². The van der Waals surface area contributed by atoms with E-state index in [9.17, 15) is 4.79 Å². The highest BCUT2D eigenvalue weighted by molar-refractivity contribution is 5.79. The molecule has 1 amide bonds. The largest absolute Gasteiger partial charge is 0.353 e. The van der Waals surface area contributed by atoms with E-state index >= 15 is 0 Å². The number of hydrogen-bond donors (Lipinski definition) is 2. The van der Waals surface area contributed by atoms with Crippen molar-refractivity contribution in [3.05, 3.63) is 0 Å². The van der Waals surface area contributed by atoms with Crippen LogP contribution in [0, 0.1) is 11.8 Å². The zero-order valence-corrected chi connectivity index (χ0v) is 9.96. The summed E-state index contributed by atoms with van der Waals surface area (Å²) < 4.78 is 0. The first-order chi connectivity index (χ1) is 7.19. The summed E-state index contributed by atoms with van der Waals surface area (Å²) in [4.78, 5) is 11.8. The minimum Gasteiger partial charge on any atom is -0.353 e. The molecule has 3 nitrogen and oxygen atoms in total. The normalized spacial score (nSPS) is 21.3. The Morgan fingerprint density at radius 2 is 2.07 bits per heavy atom. The first-order valence-corrected chi connectivity index (χ1v) is 6.19. The van der Waals surface area contributed by atoms with E-state index < -0.39 is 0 Å². The van der Waals surface area contributed by atoms with Crippen LogP contribution in [0.2, 0.25) is 0 Å². The van der Waals surface area contributed by atoms with Crippen LogP contribution in [-0.2, 0) is 4.79 Å². The van der Waals surface area contributed by atoms with Gasteiger partial charge in [-0.25, -0.2) is 0 Å². The summed E-state index contributed by atoms with van der Waals surface area (Å²) >= 11 is 0. The molecule has 0 aromatic heterocycles. The molecular weight excluding hydrogens is 188 g/mol. The van der Waals surface area contributed by atoms with Crippen LogP contribution < -0.4 is 11.1 Å². The Kier molecular flexibility index (Phi) is 5.09. The lowest BCUT2D eigenvalue weighted by Gasteiger charge is -2.22. The fourth-order valence-corrected chi connectivity index (χ4v) is 2.38. The third kappa shape index (κ3) is 3.49. The van der Waals surface area contributed by atoms with Gasteiger partial charge in [0.2, 0.25) is 5.91 Å². The number of carbonyl (C=O) groups excluding carboxylic acids is 1. The van der Waals surface area contributed by atoms with E-state index in [-0.39, 0.29) is 11.8 Å². The molecule has 0 aromatic carbocycles. The van der Waals surface area contributed by atoms with Crippen molar-refractivity contribution in [3.63, 3.8) is 0 Å². The van der Waals surface area contributed by atoms with E-state index in [1.165, 1.54) is 25.7 Å². The Labute approximate surface area is 92.8 Å². The summed E-state index contributed by atoms with van der Waals surface area (Å²) in [6, 6.07) is 0.320. The summed E-state index contributed by atoms with van der Waals surface area (Å²) in [5.41, 5.74) is 5.55. The van der Waals surface area contributed by atoms with E-state index in [1.54, 1.807) is 0 Å². The van der Waals surface area contributed by atoms with E-state index in [0.717, 1.165) is 6.42 Å². The molecule has 1 rings (SSSR count). The molecule has 1 aliphatic carbocycles. The highest BCUT2D eigenvalue weighted by Gasteiger charge is 2.24. The molecule has 1 aliphatic rings. The molecule has 0 radical (unpaired) electrons. The van der Waals surface area contributed by atoms with Crippen LogP contribution in [0.15, 0.2) is 0 Å². The van der Waals surface area contributed by atoms with Gasteiger partial charge in [0.25, 0.3) is 0 Å². The maximum absolute atomic E-state index is 11.8. The second-order valence-electron chi connectivity index (χ2n) is 4.68. The number of nitrogens with one attached hydrogen (secondary N) is 1. The zero-order valence-electron chi connectivity index (χ0n) is 9.96. The molecule has 88 valence electrons. The quantitative estimate of drug-likeness (QED) is 0.728. The molecule has 1 saturated carbocycles. The summed E-state index contributed by atoms with van der Waals surface area (Å²) in [5, 5.41) is 3.10. The van der Waals surface area contributed by atoms with Crippen LogP contribution in [0.1, 0.15) is 46.0 Å². The van der Waals surface area contributed by atoms with Gasteiger partial charge in [-0.3, -0.25) is 4.79 Å². The minimum absolute atomic E-state index is 0.00569. The Morgan fingerprint density at radius 1 is 1.47 bits per heavy atom. The lowest BCUT2D eigenvalue weighted by molar-refractivity contribution is -0.125. The lowest BCUT2D eigenvalue weighted by Crippen LogP contribution is -2.42. The van der Waals surface area contributed by atoms with Crippen molar-refractivity contribution < 1.29 is 4.79 Å². The fourth-order valence-electron chi connectivity index (χ4n) is 2.38. The molecule has 0 bridgehead atoms. The van der Waals surface area contributed by atoms with Crippen LogP contribution in [0.25, 0.3) is 0 Å². The second kappa shape index (κ2) is 6.11. The van der Waals surface area contributed by atoms with Crippen LogP contribution in [0.5, 0.6) is 0 Å². The van der Waals surface area contributed by atoms with Crippen LogP contribution in [-0.4, -0.2) is 18.5 Å². The van der Waals surface area contributed by atoms with Crippen LogP contribution in [0.4, 0.5) is 0 Å². The lowest BCUT2D eigenvalue weighted by atomic mass is 9.98. The molecular formula is C12H24N2O. The van der Waals surface area contributed by atoms with Crippen molar-refractivity contribution in [1.29, 1.82) is 0 Å². The van der Waals surface area contributed by atoms with Gasteiger partial charge >= 0.3 is 0 Å². The van der Waals surface area contributed by atoms with E-state index in [0.29, 0.717) is 18.5 Å². The third-order valence-corrected chi connectivity index (χ3v) is 3.62. The number of amides is 1. The highest BCUT2D eigenvalue weighted by Crippen LogP contribution is 2.27. The topological polar surface area (TPSA) is 55.1 Å². The monoisotopic (exact) mass is 212 g/mol. The van der Waals surface area contributed by atoms with Gasteiger partial charge in [-0.05, 0) is 32.1 Å². The summed E-state index contributed by atoms with van der Waals surface area (Å²) in [6.45, 7) is 4.59. The predicted octanol–water partition coefficient (Wildman–Crippen LogP) is 1.67. The third-order valence-electron chi connectivity index (χ3n) is 3.62. The Balaban J connectivity index is 2.35. The van der Waals surface area contributed by atoms with E-state index in [1.807, 2.05) is 6.92 Å². The average molecular weight is 212 g/mol. The van der Waals surface area contributed by atoms with Crippen molar-refractivity contribution in [3.8, 4) is 0 Å². The van der Waals surface area contributed by atoms with Crippen molar-refractivity contribution in [2.24, 2.45) is 17.6 Å². The van der Waals surface area contributed by atoms with E-state index in [2.05, 4.69) is 12.2 Å². The Morgan fingerprint density at radius 3 is 2.53 bits per heavy atom. The maximum Gasteiger partial charge on any atom is 0.224 e. The average Bonchev–Trinajstić information content (AvgIpc) is 2.72. The smallest absolute Gasteiger partial charge is 0.224 e. The van der Waals surface area contributed by atoms with Crippen molar-refractivity contribution in [2.45, 2.75) is 52.0 Å². The molecule has 0 saturated heterocycles. The molecule has 2 atom stereocenters. The SMILES string of the molecule is CCC(CN)C(=O)NC(C)C1CCCC1. The summed E-state index contributed by atoms with van der Waals surface area (Å²) in [6.07, 6.45) is 6.00. The number of nitrogens with two attached hydrogens (primary N) is 1. The molecule has 15 heavy (non-hydrogen) atoms. The van der Waals surface area contributed by atoms with Gasteiger partial charge in [0, 0.05) is 18.5 Å². The first-order valence-electron chi connectivity index (χ1n) is 6.19. The number of carbonyl (C=O) groups is 1. The van der Waals surface area contributed by atoms with Crippen LogP contribution in [0.3, 0.4) is 0 Å². The predicted molar refractivity (Wildman–Crippen MR) is 62.4 cm³/mol. The van der Waals surface area contributed by atoms with Gasteiger partial charge < -0.3 is 11.1 Å². The zero-order chi connectivity index (χ0) is 11.3.